The topological polar surface area (TPSA) is 71.0 Å². The van der Waals surface area contributed by atoms with Gasteiger partial charge in [0.2, 0.25) is 5.91 Å². The summed E-state index contributed by atoms with van der Waals surface area (Å²) in [6, 6.07) is 1.84. The molecule has 0 saturated carbocycles. The molecule has 2 aromatic heterocycles. The molecule has 2 aromatic rings. The van der Waals surface area contributed by atoms with Crippen molar-refractivity contribution in [2.24, 2.45) is 0 Å². The van der Waals surface area contributed by atoms with Crippen LogP contribution in [0.1, 0.15) is 19.3 Å². The predicted octanol–water partition coefficient (Wildman–Crippen LogP) is 0.884. The molecule has 6 heteroatoms. The summed E-state index contributed by atoms with van der Waals surface area (Å²) in [5.74, 6) is 0.834. The summed E-state index contributed by atoms with van der Waals surface area (Å²) in [6.07, 6.45) is 7.68. The monoisotopic (exact) mass is 269 g/mol. The molecule has 4 rings (SSSR count). The van der Waals surface area contributed by atoms with Gasteiger partial charge in [0, 0.05) is 18.9 Å². The number of β-lactam (4-membered cyclic amide) rings is 1. The number of anilines is 1. The lowest BCUT2D eigenvalue weighted by atomic mass is 9.77. The summed E-state index contributed by atoms with van der Waals surface area (Å²) >= 11 is 0. The third kappa shape index (κ3) is 1.54. The van der Waals surface area contributed by atoms with Gasteiger partial charge in [-0.3, -0.25) is 14.7 Å². The van der Waals surface area contributed by atoms with E-state index in [1.165, 1.54) is 6.33 Å². The number of hydrogen-bond acceptors (Lipinski definition) is 5. The quantitative estimate of drug-likeness (QED) is 0.778. The molecule has 102 valence electrons. The zero-order chi connectivity index (χ0) is 13.6. The van der Waals surface area contributed by atoms with E-state index in [0.29, 0.717) is 12.2 Å². The Morgan fingerprint density at radius 2 is 2.30 bits per heavy atom. The number of rotatable bonds is 1. The van der Waals surface area contributed by atoms with Crippen LogP contribution in [-0.4, -0.2) is 39.5 Å². The van der Waals surface area contributed by atoms with Crippen LogP contribution < -0.4 is 10.2 Å². The number of nitrogens with zero attached hydrogens (tertiary/aromatic N) is 4. The van der Waals surface area contributed by atoms with Gasteiger partial charge in [0.15, 0.2) is 0 Å². The molecule has 20 heavy (non-hydrogen) atoms. The molecule has 1 unspecified atom stereocenters. The largest absolute Gasteiger partial charge is 0.314 e. The highest BCUT2D eigenvalue weighted by Gasteiger charge is 2.52. The van der Waals surface area contributed by atoms with Crippen molar-refractivity contribution in [1.82, 2.24) is 20.3 Å². The van der Waals surface area contributed by atoms with Gasteiger partial charge in [-0.1, -0.05) is 0 Å². The molecule has 0 bridgehead atoms. The summed E-state index contributed by atoms with van der Waals surface area (Å²) in [6.45, 7) is 1.86. The minimum absolute atomic E-state index is 0.105. The van der Waals surface area contributed by atoms with Crippen LogP contribution in [0.2, 0.25) is 0 Å². The fourth-order valence-corrected chi connectivity index (χ4v) is 3.31. The molecule has 1 spiro atoms. The van der Waals surface area contributed by atoms with Crippen molar-refractivity contribution in [3.63, 3.8) is 0 Å². The number of aromatic nitrogens is 3. The maximum absolute atomic E-state index is 12.2. The molecule has 4 heterocycles. The van der Waals surface area contributed by atoms with Crippen LogP contribution in [0, 0.1) is 0 Å². The average Bonchev–Trinajstić information content (AvgIpc) is 2.48. The van der Waals surface area contributed by atoms with Crippen LogP contribution in [0.4, 0.5) is 5.82 Å². The van der Waals surface area contributed by atoms with Gasteiger partial charge in [0.1, 0.15) is 12.1 Å². The minimum Gasteiger partial charge on any atom is -0.314 e. The summed E-state index contributed by atoms with van der Waals surface area (Å²) in [5, 5.41) is 4.23. The number of carbonyl (C=O) groups excluding carboxylic acids is 1. The van der Waals surface area contributed by atoms with Gasteiger partial charge in [-0.2, -0.15) is 0 Å². The SMILES string of the molecule is O=C1CC2(CCCNC2)N1c1ncnc2ccncc12. The van der Waals surface area contributed by atoms with E-state index >= 15 is 0 Å². The fourth-order valence-electron chi connectivity index (χ4n) is 3.31. The van der Waals surface area contributed by atoms with Crippen molar-refractivity contribution in [3.8, 4) is 0 Å². The summed E-state index contributed by atoms with van der Waals surface area (Å²) < 4.78 is 0. The third-order valence-corrected chi connectivity index (χ3v) is 4.28. The van der Waals surface area contributed by atoms with E-state index in [-0.39, 0.29) is 11.4 Å². The first-order valence-electron chi connectivity index (χ1n) is 6.89. The second kappa shape index (κ2) is 4.21. The normalized spacial score (nSPS) is 26.0. The average molecular weight is 269 g/mol. The zero-order valence-corrected chi connectivity index (χ0v) is 11.0. The number of piperidine rings is 1. The highest BCUT2D eigenvalue weighted by Crippen LogP contribution is 2.42. The number of hydrogen-bond donors (Lipinski definition) is 1. The first-order valence-corrected chi connectivity index (χ1v) is 6.89. The molecule has 2 aliphatic heterocycles. The summed E-state index contributed by atoms with van der Waals surface area (Å²) in [7, 11) is 0. The maximum atomic E-state index is 12.2. The molecule has 1 N–H and O–H groups in total. The Morgan fingerprint density at radius 1 is 1.35 bits per heavy atom. The Bertz CT molecular complexity index is 675. The number of pyridine rings is 1. The molecular formula is C14H15N5O. The van der Waals surface area contributed by atoms with Gasteiger partial charge in [-0.05, 0) is 25.5 Å². The summed E-state index contributed by atoms with van der Waals surface area (Å²) in [5.41, 5.74) is 0.718. The van der Waals surface area contributed by atoms with Crippen LogP contribution in [0.25, 0.3) is 10.9 Å². The van der Waals surface area contributed by atoms with Gasteiger partial charge in [0.05, 0.1) is 22.9 Å². The van der Waals surface area contributed by atoms with E-state index in [1.807, 2.05) is 11.0 Å². The van der Waals surface area contributed by atoms with Gasteiger partial charge >= 0.3 is 0 Å². The Morgan fingerprint density at radius 3 is 3.10 bits per heavy atom. The number of amides is 1. The second-order valence-electron chi connectivity index (χ2n) is 5.50. The van der Waals surface area contributed by atoms with Gasteiger partial charge < -0.3 is 5.32 Å². The van der Waals surface area contributed by atoms with E-state index in [9.17, 15) is 4.79 Å². The van der Waals surface area contributed by atoms with E-state index in [4.69, 9.17) is 0 Å². The molecule has 0 aromatic carbocycles. The van der Waals surface area contributed by atoms with Crippen LogP contribution in [0.3, 0.4) is 0 Å². The predicted molar refractivity (Wildman–Crippen MR) is 74.3 cm³/mol. The summed E-state index contributed by atoms with van der Waals surface area (Å²) in [4.78, 5) is 26.7. The lowest BCUT2D eigenvalue weighted by molar-refractivity contribution is -0.128. The minimum atomic E-state index is -0.105. The van der Waals surface area contributed by atoms with Gasteiger partial charge in [-0.15, -0.1) is 0 Å². The standard InChI is InChI=1S/C14H15N5O/c20-12-6-14(3-1-4-16-8-14)19(12)13-10-7-15-5-2-11(10)17-9-18-13/h2,5,7,9,16H,1,3-4,6,8H2. The Labute approximate surface area is 116 Å². The van der Waals surface area contributed by atoms with Crippen LogP contribution in [0.5, 0.6) is 0 Å². The number of nitrogens with one attached hydrogen (secondary N) is 1. The highest BCUT2D eigenvalue weighted by molar-refractivity contribution is 6.07. The van der Waals surface area contributed by atoms with Crippen molar-refractivity contribution < 1.29 is 4.79 Å². The van der Waals surface area contributed by atoms with Crippen LogP contribution in [0.15, 0.2) is 24.8 Å². The molecule has 2 saturated heterocycles. The molecule has 2 aliphatic rings. The first kappa shape index (κ1) is 11.7. The van der Waals surface area contributed by atoms with E-state index in [1.54, 1.807) is 12.4 Å². The highest BCUT2D eigenvalue weighted by atomic mass is 16.2. The molecular weight excluding hydrogens is 254 g/mol. The Kier molecular flexibility index (Phi) is 2.47. The van der Waals surface area contributed by atoms with E-state index in [2.05, 4.69) is 20.3 Å². The Balaban J connectivity index is 1.83. The second-order valence-corrected chi connectivity index (χ2v) is 5.50. The molecule has 2 fully saturated rings. The van der Waals surface area contributed by atoms with E-state index in [0.717, 1.165) is 36.8 Å². The Hall–Kier alpha value is -2.08. The van der Waals surface area contributed by atoms with Crippen LogP contribution >= 0.6 is 0 Å². The fraction of sp³-hybridized carbons (Fsp3) is 0.429. The third-order valence-electron chi connectivity index (χ3n) is 4.28. The maximum Gasteiger partial charge on any atom is 0.231 e. The van der Waals surface area contributed by atoms with E-state index < -0.39 is 0 Å². The molecule has 0 aliphatic carbocycles. The molecule has 0 radical (unpaired) electrons. The lowest BCUT2D eigenvalue weighted by Crippen LogP contribution is -2.70. The van der Waals surface area contributed by atoms with Crippen molar-refractivity contribution in [2.45, 2.75) is 24.8 Å². The molecule has 1 atom stereocenters. The van der Waals surface area contributed by atoms with Crippen molar-refractivity contribution >= 4 is 22.6 Å². The van der Waals surface area contributed by atoms with Crippen molar-refractivity contribution in [3.05, 3.63) is 24.8 Å². The van der Waals surface area contributed by atoms with Crippen molar-refractivity contribution in [2.75, 3.05) is 18.0 Å². The zero-order valence-electron chi connectivity index (χ0n) is 11.0. The number of carbonyl (C=O) groups is 1. The first-order chi connectivity index (χ1) is 9.80. The molecule has 6 nitrogen and oxygen atoms in total. The van der Waals surface area contributed by atoms with Gasteiger partial charge in [0.25, 0.3) is 0 Å². The van der Waals surface area contributed by atoms with Crippen molar-refractivity contribution in [1.29, 1.82) is 0 Å². The number of fused-ring (bicyclic) bond motifs is 1. The molecule has 1 amide bonds. The smallest absolute Gasteiger partial charge is 0.231 e. The lowest BCUT2D eigenvalue weighted by Gasteiger charge is -2.53. The van der Waals surface area contributed by atoms with Crippen LogP contribution in [-0.2, 0) is 4.79 Å². The van der Waals surface area contributed by atoms with Gasteiger partial charge in [-0.25, -0.2) is 9.97 Å².